The van der Waals surface area contributed by atoms with Crippen molar-refractivity contribution in [3.8, 4) is 0 Å². The van der Waals surface area contributed by atoms with Crippen LogP contribution in [0.15, 0.2) is 47.4 Å². The molecule has 3 heterocycles. The number of fused-ring (bicyclic) bond motifs is 1. The van der Waals surface area contributed by atoms with Gasteiger partial charge in [-0.05, 0) is 50.8 Å². The summed E-state index contributed by atoms with van der Waals surface area (Å²) in [5, 5.41) is 8.40. The highest BCUT2D eigenvalue weighted by Gasteiger charge is 2.24. The summed E-state index contributed by atoms with van der Waals surface area (Å²) < 4.78 is 6.67. The Bertz CT molecular complexity index is 1190. The van der Waals surface area contributed by atoms with Gasteiger partial charge in [0.25, 0.3) is 11.5 Å². The Morgan fingerprint density at radius 2 is 1.85 bits per heavy atom. The van der Waals surface area contributed by atoms with Crippen molar-refractivity contribution in [3.63, 3.8) is 0 Å². The molecule has 1 saturated heterocycles. The molecule has 1 aliphatic heterocycles. The second kappa shape index (κ2) is 9.68. The minimum Gasteiger partial charge on any atom is -0.378 e. The average Bonchev–Trinajstić information content (AvgIpc) is 2.83. The third kappa shape index (κ3) is 4.74. The number of likely N-dealkylation sites (N-methyl/N-ethyl adjacent to an activating group) is 1. The lowest BCUT2D eigenvalue weighted by molar-refractivity contribution is 0.0303. The zero-order chi connectivity index (χ0) is 23.5. The van der Waals surface area contributed by atoms with E-state index < -0.39 is 0 Å². The highest BCUT2D eigenvalue weighted by Crippen LogP contribution is 2.26. The second-order valence-electron chi connectivity index (χ2n) is 8.54. The Morgan fingerprint density at radius 3 is 2.52 bits per heavy atom. The number of benzene rings is 1. The maximum absolute atomic E-state index is 12.8. The van der Waals surface area contributed by atoms with Crippen molar-refractivity contribution in [2.45, 2.75) is 19.0 Å². The number of aromatic nitrogens is 3. The lowest BCUT2D eigenvalue weighted by atomic mass is 9.97. The first kappa shape index (κ1) is 22.9. The van der Waals surface area contributed by atoms with Crippen molar-refractivity contribution in [1.29, 1.82) is 0 Å². The Morgan fingerprint density at radius 1 is 1.15 bits per heavy atom. The van der Waals surface area contributed by atoms with E-state index >= 15 is 0 Å². The molecule has 2 atom stereocenters. The Labute approximate surface area is 193 Å². The molecule has 0 aliphatic carbocycles. The van der Waals surface area contributed by atoms with Crippen molar-refractivity contribution in [3.05, 3.63) is 64.1 Å². The van der Waals surface area contributed by atoms with Gasteiger partial charge in [-0.2, -0.15) is 5.10 Å². The van der Waals surface area contributed by atoms with E-state index in [0.29, 0.717) is 48.6 Å². The number of ether oxygens (including phenoxy) is 1. The van der Waals surface area contributed by atoms with E-state index in [1.807, 2.05) is 43.3 Å². The molecule has 174 valence electrons. The first-order valence-electron chi connectivity index (χ1n) is 11.1. The molecule has 9 heteroatoms. The third-order valence-corrected chi connectivity index (χ3v) is 6.00. The summed E-state index contributed by atoms with van der Waals surface area (Å²) in [6, 6.07) is 11.2. The summed E-state index contributed by atoms with van der Waals surface area (Å²) >= 11 is 0. The molecule has 9 nitrogen and oxygen atoms in total. The van der Waals surface area contributed by atoms with Gasteiger partial charge in [-0.15, -0.1) is 0 Å². The topological polar surface area (TPSA) is 92.6 Å². The van der Waals surface area contributed by atoms with Crippen molar-refractivity contribution in [2.75, 3.05) is 45.7 Å². The first-order valence-corrected chi connectivity index (χ1v) is 11.1. The van der Waals surface area contributed by atoms with Crippen LogP contribution in [0.1, 0.15) is 28.9 Å². The van der Waals surface area contributed by atoms with Gasteiger partial charge in [0.15, 0.2) is 5.82 Å². The van der Waals surface area contributed by atoms with E-state index in [1.165, 1.54) is 4.68 Å². The molecule has 1 aromatic carbocycles. The Kier molecular flexibility index (Phi) is 6.71. The van der Waals surface area contributed by atoms with Crippen LogP contribution in [0.3, 0.4) is 0 Å². The van der Waals surface area contributed by atoms with Gasteiger partial charge in [0.2, 0.25) is 0 Å². The van der Waals surface area contributed by atoms with Gasteiger partial charge in [-0.3, -0.25) is 14.6 Å². The van der Waals surface area contributed by atoms with Crippen molar-refractivity contribution in [2.24, 2.45) is 7.05 Å². The molecule has 0 saturated carbocycles. The van der Waals surface area contributed by atoms with E-state index in [9.17, 15) is 9.59 Å². The third-order valence-electron chi connectivity index (χ3n) is 6.00. The number of carbonyl (C=O) groups excluding carboxylic acids is 1. The van der Waals surface area contributed by atoms with Gasteiger partial charge < -0.3 is 19.9 Å². The van der Waals surface area contributed by atoms with Crippen LogP contribution in [0.4, 0.5) is 5.82 Å². The van der Waals surface area contributed by atoms with Crippen molar-refractivity contribution < 1.29 is 9.53 Å². The summed E-state index contributed by atoms with van der Waals surface area (Å²) in [6.07, 6.45) is 1.66. The molecule has 1 N–H and O–H groups in total. The highest BCUT2D eigenvalue weighted by atomic mass is 16.5. The Hall–Kier alpha value is -3.30. The van der Waals surface area contributed by atoms with Crippen LogP contribution in [-0.2, 0) is 11.8 Å². The molecular formula is C24H30N6O3. The van der Waals surface area contributed by atoms with Gasteiger partial charge in [-0.1, -0.05) is 12.1 Å². The van der Waals surface area contributed by atoms with E-state index in [-0.39, 0.29) is 23.6 Å². The van der Waals surface area contributed by atoms with Gasteiger partial charge in [0.1, 0.15) is 5.52 Å². The van der Waals surface area contributed by atoms with Crippen molar-refractivity contribution >= 4 is 22.6 Å². The van der Waals surface area contributed by atoms with Crippen LogP contribution in [0.5, 0.6) is 0 Å². The lowest BCUT2D eigenvalue weighted by Crippen LogP contribution is -2.40. The van der Waals surface area contributed by atoms with Crippen molar-refractivity contribution in [1.82, 2.24) is 24.6 Å². The summed E-state index contributed by atoms with van der Waals surface area (Å²) in [5.74, 6) is 0.593. The minimum atomic E-state index is -0.180. The highest BCUT2D eigenvalue weighted by molar-refractivity contribution is 5.94. The molecule has 2 aromatic heterocycles. The number of nitrogens with one attached hydrogen (secondary N) is 1. The fraction of sp³-hybridized carbons (Fsp3) is 0.417. The quantitative estimate of drug-likeness (QED) is 0.613. The fourth-order valence-corrected chi connectivity index (χ4v) is 4.38. The number of hydrogen-bond acceptors (Lipinski definition) is 7. The fourth-order valence-electron chi connectivity index (χ4n) is 4.38. The van der Waals surface area contributed by atoms with Crippen LogP contribution < -0.4 is 10.9 Å². The van der Waals surface area contributed by atoms with Gasteiger partial charge in [0, 0.05) is 37.9 Å². The number of amides is 1. The van der Waals surface area contributed by atoms with E-state index in [0.717, 1.165) is 5.56 Å². The average molecular weight is 451 g/mol. The molecule has 1 aliphatic rings. The van der Waals surface area contributed by atoms with Crippen LogP contribution >= 0.6 is 0 Å². The molecule has 0 radical (unpaired) electrons. The first-order chi connectivity index (χ1) is 15.9. The molecule has 1 unspecified atom stereocenters. The number of rotatable bonds is 6. The normalized spacial score (nSPS) is 16.1. The molecule has 4 rings (SSSR count). The van der Waals surface area contributed by atoms with Crippen LogP contribution in [0, 0.1) is 0 Å². The van der Waals surface area contributed by atoms with Crippen LogP contribution in [-0.4, -0.2) is 76.9 Å². The number of aryl methyl sites for hydroxylation is 1. The standard InChI is InChI=1S/C24H30N6O3/c1-16(26-22-20-19(6-5-11-25-20)24(32)29(4)27-22)21(28(2)3)17-7-9-18(10-8-17)23(31)30-12-14-33-15-13-30/h5-11,16,21H,12-15H2,1-4H3,(H,26,27)/t16-,21?/m0/s1. The number of morpholine rings is 1. The largest absolute Gasteiger partial charge is 0.378 e. The number of pyridine rings is 1. The number of anilines is 1. The maximum Gasteiger partial charge on any atom is 0.276 e. The maximum atomic E-state index is 12.8. The summed E-state index contributed by atoms with van der Waals surface area (Å²) in [4.78, 5) is 33.5. The van der Waals surface area contributed by atoms with E-state index in [1.54, 1.807) is 25.4 Å². The zero-order valence-corrected chi connectivity index (χ0v) is 19.5. The molecule has 1 amide bonds. The van der Waals surface area contributed by atoms with E-state index in [4.69, 9.17) is 4.74 Å². The van der Waals surface area contributed by atoms with Gasteiger partial charge in [0.05, 0.1) is 24.6 Å². The van der Waals surface area contributed by atoms with Gasteiger partial charge in [-0.25, -0.2) is 4.68 Å². The number of nitrogens with zero attached hydrogens (tertiary/aromatic N) is 5. The van der Waals surface area contributed by atoms with Crippen LogP contribution in [0.2, 0.25) is 0 Å². The SMILES string of the molecule is C[C@H](Nc1nn(C)c(=O)c2cccnc12)C(c1ccc(C(=O)N2CCOCC2)cc1)N(C)C. The Balaban J connectivity index is 1.58. The molecular weight excluding hydrogens is 420 g/mol. The molecule has 1 fully saturated rings. The smallest absolute Gasteiger partial charge is 0.276 e. The minimum absolute atomic E-state index is 0.00432. The molecule has 0 spiro atoms. The predicted octanol–water partition coefficient (Wildman–Crippen LogP) is 1.90. The number of hydrogen-bond donors (Lipinski definition) is 1. The molecule has 0 bridgehead atoms. The lowest BCUT2D eigenvalue weighted by Gasteiger charge is -2.32. The monoisotopic (exact) mass is 450 g/mol. The zero-order valence-electron chi connectivity index (χ0n) is 19.5. The molecule has 33 heavy (non-hydrogen) atoms. The summed E-state index contributed by atoms with van der Waals surface area (Å²) in [5.41, 5.74) is 2.12. The van der Waals surface area contributed by atoms with Gasteiger partial charge >= 0.3 is 0 Å². The predicted molar refractivity (Wildman–Crippen MR) is 127 cm³/mol. The second-order valence-corrected chi connectivity index (χ2v) is 8.54. The van der Waals surface area contributed by atoms with Crippen LogP contribution in [0.25, 0.3) is 10.9 Å². The number of carbonyl (C=O) groups is 1. The van der Waals surface area contributed by atoms with E-state index in [2.05, 4.69) is 27.2 Å². The molecule has 3 aromatic rings. The summed E-state index contributed by atoms with van der Waals surface area (Å²) in [6.45, 7) is 4.47. The summed E-state index contributed by atoms with van der Waals surface area (Å²) in [7, 11) is 5.67.